The van der Waals surface area contributed by atoms with Crippen molar-refractivity contribution in [2.45, 2.75) is 19.8 Å². The molecule has 3 aromatic carbocycles. The predicted octanol–water partition coefficient (Wildman–Crippen LogP) is 6.42. The van der Waals surface area contributed by atoms with Gasteiger partial charge in [-0.2, -0.15) is 0 Å². The van der Waals surface area contributed by atoms with Crippen molar-refractivity contribution in [2.24, 2.45) is 15.0 Å². The first-order valence-corrected chi connectivity index (χ1v) is 13.3. The van der Waals surface area contributed by atoms with E-state index < -0.39 is 5.82 Å². The van der Waals surface area contributed by atoms with Gasteiger partial charge in [-0.05, 0) is 61.7 Å². The third kappa shape index (κ3) is 6.63. The summed E-state index contributed by atoms with van der Waals surface area (Å²) in [5, 5.41) is 6.61. The number of amides is 1. The SMILES string of the molecule is C=NC1=C(C=NCNc2ccc(C(=O)NCCCC)cc2)CN=C(c2c(F)cccc2OC)c2cc(Cl)ccc21. The van der Waals surface area contributed by atoms with Crippen molar-refractivity contribution < 1.29 is 13.9 Å². The van der Waals surface area contributed by atoms with Crippen LogP contribution < -0.4 is 15.4 Å². The van der Waals surface area contributed by atoms with Gasteiger partial charge < -0.3 is 15.4 Å². The number of unbranched alkanes of at least 4 members (excludes halogenated alkanes) is 1. The van der Waals surface area contributed by atoms with Crippen LogP contribution in [0.3, 0.4) is 0 Å². The highest BCUT2D eigenvalue weighted by molar-refractivity contribution is 6.31. The molecule has 40 heavy (non-hydrogen) atoms. The molecule has 1 heterocycles. The number of fused-ring (bicyclic) bond motifs is 1. The fourth-order valence-electron chi connectivity index (χ4n) is 4.34. The summed E-state index contributed by atoms with van der Waals surface area (Å²) in [6, 6.07) is 17.2. The van der Waals surface area contributed by atoms with E-state index in [9.17, 15) is 4.79 Å². The molecule has 3 aromatic rings. The van der Waals surface area contributed by atoms with Crippen LogP contribution in [0.4, 0.5) is 10.1 Å². The summed E-state index contributed by atoms with van der Waals surface area (Å²) in [7, 11) is 1.49. The molecular weight excluding hydrogens is 529 g/mol. The second-order valence-corrected chi connectivity index (χ2v) is 9.47. The Bertz CT molecular complexity index is 1480. The molecule has 7 nitrogen and oxygen atoms in total. The van der Waals surface area contributed by atoms with Crippen LogP contribution in [0.1, 0.15) is 46.8 Å². The molecule has 4 rings (SSSR count). The first-order valence-electron chi connectivity index (χ1n) is 13.0. The zero-order valence-corrected chi connectivity index (χ0v) is 23.3. The summed E-state index contributed by atoms with van der Waals surface area (Å²) in [6.07, 6.45) is 3.67. The lowest BCUT2D eigenvalue weighted by Crippen LogP contribution is -2.24. The lowest BCUT2D eigenvalue weighted by Gasteiger charge is -2.15. The van der Waals surface area contributed by atoms with E-state index in [0.717, 1.165) is 18.5 Å². The van der Waals surface area contributed by atoms with Crippen LogP contribution in [0.15, 0.2) is 81.2 Å². The molecule has 1 amide bonds. The van der Waals surface area contributed by atoms with Crippen LogP contribution in [0.2, 0.25) is 5.02 Å². The number of carbonyl (C=O) groups excluding carboxylic acids is 1. The largest absolute Gasteiger partial charge is 0.496 e. The van der Waals surface area contributed by atoms with Crippen LogP contribution in [0, 0.1) is 5.82 Å². The third-order valence-corrected chi connectivity index (χ3v) is 6.61. The van der Waals surface area contributed by atoms with Crippen LogP contribution in [-0.4, -0.2) is 51.4 Å². The highest BCUT2D eigenvalue weighted by Crippen LogP contribution is 2.34. The van der Waals surface area contributed by atoms with E-state index >= 15 is 4.39 Å². The number of benzene rings is 3. The van der Waals surface area contributed by atoms with Gasteiger partial charge in [0, 0.05) is 45.7 Å². The van der Waals surface area contributed by atoms with E-state index in [1.165, 1.54) is 13.2 Å². The number of nitrogens with one attached hydrogen (secondary N) is 2. The summed E-state index contributed by atoms with van der Waals surface area (Å²) in [6.45, 7) is 6.99. The molecule has 206 valence electrons. The maximum atomic E-state index is 15.1. The Kier molecular flexibility index (Phi) is 9.81. The molecule has 0 saturated heterocycles. The Hall–Kier alpha value is -4.30. The number of hydrogen-bond acceptors (Lipinski definition) is 6. The fraction of sp³-hybridized carbons (Fsp3) is 0.226. The van der Waals surface area contributed by atoms with Gasteiger partial charge in [-0.25, -0.2) is 4.39 Å². The van der Waals surface area contributed by atoms with Crippen LogP contribution in [-0.2, 0) is 0 Å². The Morgan fingerprint density at radius 2 is 1.98 bits per heavy atom. The molecule has 0 aromatic heterocycles. The molecule has 1 aliphatic rings. The molecule has 0 fully saturated rings. The average Bonchev–Trinajstić information content (AvgIpc) is 3.11. The number of rotatable bonds is 11. The molecular formula is C31H31ClFN5O2. The van der Waals surface area contributed by atoms with Crippen molar-refractivity contribution in [3.05, 3.63) is 99.3 Å². The number of ether oxygens (including phenoxy) is 1. The molecule has 0 unspecified atom stereocenters. The quantitative estimate of drug-likeness (QED) is 0.210. The number of hydrogen-bond donors (Lipinski definition) is 2. The van der Waals surface area contributed by atoms with Crippen molar-refractivity contribution in [1.29, 1.82) is 0 Å². The minimum atomic E-state index is -0.456. The van der Waals surface area contributed by atoms with E-state index in [0.29, 0.717) is 51.0 Å². The van der Waals surface area contributed by atoms with E-state index in [-0.39, 0.29) is 24.7 Å². The summed E-state index contributed by atoms with van der Waals surface area (Å²) in [5.41, 5.74) is 4.73. The molecule has 0 radical (unpaired) electrons. The monoisotopic (exact) mass is 559 g/mol. The van der Waals surface area contributed by atoms with Gasteiger partial charge in [-0.1, -0.05) is 37.1 Å². The molecule has 0 atom stereocenters. The van der Waals surface area contributed by atoms with E-state index in [4.69, 9.17) is 21.3 Å². The van der Waals surface area contributed by atoms with Crippen LogP contribution in [0.25, 0.3) is 5.70 Å². The first kappa shape index (κ1) is 28.7. The Balaban J connectivity index is 1.55. The average molecular weight is 560 g/mol. The lowest BCUT2D eigenvalue weighted by molar-refractivity contribution is 0.0953. The van der Waals surface area contributed by atoms with Gasteiger partial charge in [0.1, 0.15) is 18.2 Å². The van der Waals surface area contributed by atoms with E-state index in [1.54, 1.807) is 42.6 Å². The van der Waals surface area contributed by atoms with Crippen molar-refractivity contribution in [2.75, 3.05) is 32.2 Å². The number of carbonyl (C=O) groups is 1. The van der Waals surface area contributed by atoms with Gasteiger partial charge in [0.2, 0.25) is 0 Å². The zero-order chi connectivity index (χ0) is 28.5. The third-order valence-electron chi connectivity index (χ3n) is 6.38. The van der Waals surface area contributed by atoms with Gasteiger partial charge in [0.15, 0.2) is 0 Å². The molecule has 0 saturated carbocycles. The zero-order valence-electron chi connectivity index (χ0n) is 22.5. The van der Waals surface area contributed by atoms with Gasteiger partial charge in [-0.15, -0.1) is 0 Å². The van der Waals surface area contributed by atoms with Gasteiger partial charge in [-0.3, -0.25) is 19.8 Å². The number of halogens is 2. The van der Waals surface area contributed by atoms with Crippen molar-refractivity contribution in [1.82, 2.24) is 5.32 Å². The highest BCUT2D eigenvalue weighted by Gasteiger charge is 2.25. The second kappa shape index (κ2) is 13.7. The Morgan fingerprint density at radius 1 is 1.18 bits per heavy atom. The fourth-order valence-corrected chi connectivity index (χ4v) is 4.51. The predicted molar refractivity (Wildman–Crippen MR) is 162 cm³/mol. The van der Waals surface area contributed by atoms with Gasteiger partial charge in [0.25, 0.3) is 5.91 Å². The summed E-state index contributed by atoms with van der Waals surface area (Å²) in [4.78, 5) is 25.8. The van der Waals surface area contributed by atoms with Gasteiger partial charge >= 0.3 is 0 Å². The standard InChI is InChI=1S/C31H31ClFN5O2/c1-4-5-15-36-31(39)20-9-12-23(13-10-20)38-19-35-17-21-18-37-30(28-26(33)7-6-8-27(28)40-3)25-16-22(32)11-14-24(25)29(21)34-2/h6-14,16-17,38H,2,4-5,15,18-19H2,1,3H3,(H,36,39). The Morgan fingerprint density at radius 3 is 2.70 bits per heavy atom. The molecule has 9 heteroatoms. The molecule has 0 aliphatic carbocycles. The number of methoxy groups -OCH3 is 1. The van der Waals surface area contributed by atoms with Crippen molar-refractivity contribution in [3.63, 3.8) is 0 Å². The number of aliphatic imine (C=N–C) groups is 3. The van der Waals surface area contributed by atoms with Gasteiger partial charge in [0.05, 0.1) is 30.6 Å². The normalized spacial score (nSPS) is 12.9. The number of anilines is 1. The van der Waals surface area contributed by atoms with E-state index in [2.05, 4.69) is 34.3 Å². The first-order chi connectivity index (χ1) is 19.5. The topological polar surface area (TPSA) is 87.4 Å². The van der Waals surface area contributed by atoms with Crippen molar-refractivity contribution in [3.8, 4) is 5.75 Å². The lowest BCUT2D eigenvalue weighted by atomic mass is 9.94. The minimum Gasteiger partial charge on any atom is -0.496 e. The molecule has 1 aliphatic heterocycles. The summed E-state index contributed by atoms with van der Waals surface area (Å²) >= 11 is 6.34. The maximum Gasteiger partial charge on any atom is 0.251 e. The van der Waals surface area contributed by atoms with Crippen molar-refractivity contribution >= 4 is 47.5 Å². The van der Waals surface area contributed by atoms with Crippen LogP contribution in [0.5, 0.6) is 5.75 Å². The summed E-state index contributed by atoms with van der Waals surface area (Å²) in [5.74, 6) is -0.177. The minimum absolute atomic E-state index is 0.0859. The maximum absolute atomic E-state index is 15.1. The molecule has 0 spiro atoms. The molecule has 0 bridgehead atoms. The molecule has 2 N–H and O–H groups in total. The van der Waals surface area contributed by atoms with E-state index in [1.807, 2.05) is 18.2 Å². The summed E-state index contributed by atoms with van der Waals surface area (Å²) < 4.78 is 20.5. The second-order valence-electron chi connectivity index (χ2n) is 9.04. The number of nitrogens with zero attached hydrogens (tertiary/aromatic N) is 3. The highest BCUT2D eigenvalue weighted by atomic mass is 35.5. The Labute approximate surface area is 238 Å². The smallest absolute Gasteiger partial charge is 0.251 e. The van der Waals surface area contributed by atoms with Crippen LogP contribution >= 0.6 is 11.6 Å².